The Bertz CT molecular complexity index is 443. The number of fused-ring (bicyclic) bond motifs is 1. The molecule has 18 heavy (non-hydrogen) atoms. The molecule has 2 atom stereocenters. The molecule has 0 radical (unpaired) electrons. The van der Waals surface area contributed by atoms with Crippen LogP contribution in [0.3, 0.4) is 0 Å². The van der Waals surface area contributed by atoms with Crippen molar-refractivity contribution in [1.82, 2.24) is 5.43 Å². The molecule has 1 aromatic carbocycles. The molecule has 98 valence electrons. The van der Waals surface area contributed by atoms with E-state index in [4.69, 9.17) is 10.6 Å². The number of rotatable bonds is 3. The summed E-state index contributed by atoms with van der Waals surface area (Å²) in [7, 11) is 0. The normalized spacial score (nSPS) is 27.9. The van der Waals surface area contributed by atoms with Crippen molar-refractivity contribution >= 4 is 11.8 Å². The number of hydrazine groups is 1. The second kappa shape index (κ2) is 4.76. The van der Waals surface area contributed by atoms with Gasteiger partial charge in [0.25, 0.3) is 0 Å². The Morgan fingerprint density at radius 2 is 2.39 bits per heavy atom. The zero-order valence-corrected chi connectivity index (χ0v) is 11.6. The van der Waals surface area contributed by atoms with Crippen LogP contribution in [0.1, 0.15) is 36.9 Å². The zero-order chi connectivity index (χ0) is 12.6. The van der Waals surface area contributed by atoms with Crippen LogP contribution in [-0.4, -0.2) is 17.1 Å². The molecule has 3 nitrogen and oxygen atoms in total. The predicted octanol–water partition coefficient (Wildman–Crippen LogP) is 2.41. The third-order valence-electron chi connectivity index (χ3n) is 4.08. The van der Waals surface area contributed by atoms with Gasteiger partial charge in [0.15, 0.2) is 0 Å². The number of nitrogens with two attached hydrogens (primary N) is 1. The monoisotopic (exact) mass is 264 g/mol. The molecule has 1 aromatic rings. The van der Waals surface area contributed by atoms with Crippen LogP contribution in [0.5, 0.6) is 5.75 Å². The summed E-state index contributed by atoms with van der Waals surface area (Å²) >= 11 is 2.02. The van der Waals surface area contributed by atoms with Gasteiger partial charge < -0.3 is 4.74 Å². The maximum atomic E-state index is 5.85. The first-order valence-electron chi connectivity index (χ1n) is 6.59. The fraction of sp³-hybridized carbons (Fsp3) is 0.571. The highest BCUT2D eigenvalue weighted by Gasteiger charge is 2.40. The van der Waals surface area contributed by atoms with E-state index in [2.05, 4.69) is 30.5 Å². The number of para-hydroxylation sites is 1. The van der Waals surface area contributed by atoms with Crippen molar-refractivity contribution in [3.05, 3.63) is 29.3 Å². The highest BCUT2D eigenvalue weighted by molar-refractivity contribution is 8.00. The molecule has 0 saturated carbocycles. The van der Waals surface area contributed by atoms with Gasteiger partial charge in [-0.2, -0.15) is 11.8 Å². The lowest BCUT2D eigenvalue weighted by Gasteiger charge is -2.33. The first-order valence-corrected chi connectivity index (χ1v) is 7.58. The Morgan fingerprint density at radius 1 is 1.50 bits per heavy atom. The fourth-order valence-electron chi connectivity index (χ4n) is 3.09. The molecule has 0 bridgehead atoms. The Hall–Kier alpha value is -0.710. The van der Waals surface area contributed by atoms with Gasteiger partial charge in [-0.25, -0.2) is 0 Å². The van der Waals surface area contributed by atoms with Crippen LogP contribution < -0.4 is 16.0 Å². The minimum absolute atomic E-state index is 0.165. The fourth-order valence-corrected chi connectivity index (χ4v) is 4.50. The summed E-state index contributed by atoms with van der Waals surface area (Å²) < 4.78 is 5.99. The molecule has 3 rings (SSSR count). The van der Waals surface area contributed by atoms with Crippen molar-refractivity contribution < 1.29 is 4.74 Å². The van der Waals surface area contributed by atoms with Crippen LogP contribution >= 0.6 is 11.8 Å². The molecule has 2 aliphatic rings. The molecule has 0 aliphatic carbocycles. The van der Waals surface area contributed by atoms with Gasteiger partial charge in [-0.1, -0.05) is 18.2 Å². The van der Waals surface area contributed by atoms with Gasteiger partial charge in [-0.3, -0.25) is 11.3 Å². The first kappa shape index (κ1) is 12.3. The van der Waals surface area contributed by atoms with E-state index in [9.17, 15) is 0 Å². The van der Waals surface area contributed by atoms with Crippen LogP contribution in [0, 0.1) is 0 Å². The SMILES string of the molecule is CC1(C(NN)c2cccc3c2OCC3)CCCS1. The predicted molar refractivity (Wildman–Crippen MR) is 75.8 cm³/mol. The zero-order valence-electron chi connectivity index (χ0n) is 10.7. The second-order valence-electron chi connectivity index (χ2n) is 5.30. The topological polar surface area (TPSA) is 47.3 Å². The molecule has 1 fully saturated rings. The molecule has 2 unspecified atom stereocenters. The molecule has 1 saturated heterocycles. The van der Waals surface area contributed by atoms with Gasteiger partial charge in [0.2, 0.25) is 0 Å². The van der Waals surface area contributed by atoms with Gasteiger partial charge in [0.05, 0.1) is 12.6 Å². The number of nitrogens with one attached hydrogen (secondary N) is 1. The molecule has 0 amide bonds. The highest BCUT2D eigenvalue weighted by Crippen LogP contribution is 2.49. The van der Waals surface area contributed by atoms with Gasteiger partial charge in [0, 0.05) is 16.7 Å². The largest absolute Gasteiger partial charge is 0.493 e. The maximum Gasteiger partial charge on any atom is 0.127 e. The van der Waals surface area contributed by atoms with Gasteiger partial charge >= 0.3 is 0 Å². The van der Waals surface area contributed by atoms with Gasteiger partial charge in [-0.05, 0) is 31.1 Å². The van der Waals surface area contributed by atoms with Crippen LogP contribution in [0.25, 0.3) is 0 Å². The molecule has 2 heterocycles. The average Bonchev–Trinajstić information content (AvgIpc) is 2.99. The van der Waals surface area contributed by atoms with Crippen molar-refractivity contribution in [1.29, 1.82) is 0 Å². The summed E-state index contributed by atoms with van der Waals surface area (Å²) in [5, 5.41) is 0. The molecule has 0 aromatic heterocycles. The molecule has 4 heteroatoms. The molecular formula is C14H20N2OS. The van der Waals surface area contributed by atoms with Crippen LogP contribution in [0.4, 0.5) is 0 Å². The number of thioether (sulfide) groups is 1. The first-order chi connectivity index (χ1) is 8.74. The smallest absolute Gasteiger partial charge is 0.127 e. The van der Waals surface area contributed by atoms with E-state index in [1.54, 1.807) is 0 Å². The lowest BCUT2D eigenvalue weighted by Crippen LogP contribution is -2.41. The Balaban J connectivity index is 1.99. The van der Waals surface area contributed by atoms with Crippen LogP contribution in [0.2, 0.25) is 0 Å². The third kappa shape index (κ3) is 1.92. The number of ether oxygens (including phenoxy) is 1. The summed E-state index contributed by atoms with van der Waals surface area (Å²) in [6.07, 6.45) is 3.50. The van der Waals surface area contributed by atoms with Crippen LogP contribution in [0.15, 0.2) is 18.2 Å². The molecular weight excluding hydrogens is 244 g/mol. The van der Waals surface area contributed by atoms with Crippen molar-refractivity contribution in [3.63, 3.8) is 0 Å². The Labute approximate surface area is 112 Å². The Morgan fingerprint density at radius 3 is 3.11 bits per heavy atom. The van der Waals surface area contributed by atoms with E-state index in [-0.39, 0.29) is 10.8 Å². The summed E-state index contributed by atoms with van der Waals surface area (Å²) in [4.78, 5) is 0. The van der Waals surface area contributed by atoms with E-state index in [1.165, 1.54) is 29.7 Å². The maximum absolute atomic E-state index is 5.85. The third-order valence-corrected chi connectivity index (χ3v) is 5.67. The van der Waals surface area contributed by atoms with Gasteiger partial charge in [-0.15, -0.1) is 0 Å². The highest BCUT2D eigenvalue weighted by atomic mass is 32.2. The summed E-state index contributed by atoms with van der Waals surface area (Å²) in [6, 6.07) is 6.59. The van der Waals surface area contributed by atoms with Crippen molar-refractivity contribution in [2.75, 3.05) is 12.4 Å². The van der Waals surface area contributed by atoms with E-state index in [1.807, 2.05) is 11.8 Å². The minimum Gasteiger partial charge on any atom is -0.493 e. The van der Waals surface area contributed by atoms with E-state index >= 15 is 0 Å². The van der Waals surface area contributed by atoms with Crippen molar-refractivity contribution in [2.24, 2.45) is 5.84 Å². The van der Waals surface area contributed by atoms with Crippen molar-refractivity contribution in [2.45, 2.75) is 37.0 Å². The Kier molecular flexibility index (Phi) is 3.26. The average molecular weight is 264 g/mol. The number of hydrogen-bond donors (Lipinski definition) is 2. The number of hydrogen-bond acceptors (Lipinski definition) is 4. The van der Waals surface area contributed by atoms with E-state index in [0.717, 1.165) is 18.8 Å². The van der Waals surface area contributed by atoms with Gasteiger partial charge in [0.1, 0.15) is 5.75 Å². The quantitative estimate of drug-likeness (QED) is 0.650. The summed E-state index contributed by atoms with van der Waals surface area (Å²) in [6.45, 7) is 3.11. The minimum atomic E-state index is 0.165. The standard InChI is InChI=1S/C14H20N2OS/c1-14(7-3-9-18-14)13(16-15)11-5-2-4-10-6-8-17-12(10)11/h2,4-5,13,16H,3,6-9,15H2,1H3. The lowest BCUT2D eigenvalue weighted by atomic mass is 9.89. The van der Waals surface area contributed by atoms with Crippen molar-refractivity contribution in [3.8, 4) is 5.75 Å². The number of benzene rings is 1. The van der Waals surface area contributed by atoms with E-state index in [0.29, 0.717) is 0 Å². The second-order valence-corrected chi connectivity index (χ2v) is 6.93. The van der Waals surface area contributed by atoms with Crippen LogP contribution in [-0.2, 0) is 6.42 Å². The summed E-state index contributed by atoms with van der Waals surface area (Å²) in [5.41, 5.74) is 5.57. The summed E-state index contributed by atoms with van der Waals surface area (Å²) in [5.74, 6) is 8.14. The lowest BCUT2D eigenvalue weighted by molar-refractivity contribution is 0.339. The molecule has 0 spiro atoms. The molecule has 3 N–H and O–H groups in total. The molecule has 2 aliphatic heterocycles. The van der Waals surface area contributed by atoms with E-state index < -0.39 is 0 Å².